The Kier molecular flexibility index (Phi) is 6.24. The maximum absolute atomic E-state index is 11.3. The van der Waals surface area contributed by atoms with Crippen LogP contribution in [0.25, 0.3) is 0 Å². The second-order valence-corrected chi connectivity index (χ2v) is 6.11. The number of ketones is 1. The van der Waals surface area contributed by atoms with Gasteiger partial charge in [0.15, 0.2) is 0 Å². The number of likely N-dealkylation sites (N-methyl/N-ethyl adjacent to an activating group) is 1. The number of hydrogen-bond donors (Lipinski definition) is 0. The van der Waals surface area contributed by atoms with Gasteiger partial charge < -0.3 is 9.64 Å². The standard InChI is InChI=1S/C18H27NO2/c1-15(20)14-16-8-6-7-11-18(16)21-13-12-19(2)17-9-4-3-5-10-17/h6-8,11,17H,3-5,9-10,12-14H2,1-2H3. The molecule has 1 aliphatic rings. The molecule has 0 atom stereocenters. The van der Waals surface area contributed by atoms with Gasteiger partial charge in [-0.1, -0.05) is 37.5 Å². The summed E-state index contributed by atoms with van der Waals surface area (Å²) in [7, 11) is 2.20. The van der Waals surface area contributed by atoms with E-state index in [9.17, 15) is 4.79 Å². The van der Waals surface area contributed by atoms with E-state index in [1.807, 2.05) is 24.3 Å². The van der Waals surface area contributed by atoms with Crippen LogP contribution >= 0.6 is 0 Å². The van der Waals surface area contributed by atoms with Crippen molar-refractivity contribution in [3.8, 4) is 5.75 Å². The fourth-order valence-electron chi connectivity index (χ4n) is 3.06. The molecule has 1 aliphatic carbocycles. The molecule has 0 aromatic heterocycles. The summed E-state index contributed by atoms with van der Waals surface area (Å²) in [4.78, 5) is 13.7. The number of para-hydroxylation sites is 1. The first-order chi connectivity index (χ1) is 10.2. The fourth-order valence-corrected chi connectivity index (χ4v) is 3.06. The Bertz CT molecular complexity index is 452. The van der Waals surface area contributed by atoms with Crippen LogP contribution in [0.2, 0.25) is 0 Å². The largest absolute Gasteiger partial charge is 0.492 e. The zero-order valence-corrected chi connectivity index (χ0v) is 13.3. The summed E-state index contributed by atoms with van der Waals surface area (Å²) in [6.07, 6.45) is 7.19. The molecule has 0 aliphatic heterocycles. The summed E-state index contributed by atoms with van der Waals surface area (Å²) < 4.78 is 5.91. The molecular weight excluding hydrogens is 262 g/mol. The average molecular weight is 289 g/mol. The second-order valence-electron chi connectivity index (χ2n) is 6.11. The van der Waals surface area contributed by atoms with Crippen LogP contribution in [0, 0.1) is 0 Å². The van der Waals surface area contributed by atoms with Crippen molar-refractivity contribution < 1.29 is 9.53 Å². The molecule has 1 fully saturated rings. The smallest absolute Gasteiger partial charge is 0.134 e. The SMILES string of the molecule is CC(=O)Cc1ccccc1OCCN(C)C1CCCCC1. The Morgan fingerprint density at radius 3 is 2.67 bits per heavy atom. The normalized spacial score (nSPS) is 16.1. The molecule has 116 valence electrons. The van der Waals surface area contributed by atoms with Crippen molar-refractivity contribution >= 4 is 5.78 Å². The third kappa shape index (κ3) is 5.16. The first-order valence-electron chi connectivity index (χ1n) is 8.07. The van der Waals surface area contributed by atoms with E-state index in [2.05, 4.69) is 11.9 Å². The van der Waals surface area contributed by atoms with Crippen LogP contribution in [0.4, 0.5) is 0 Å². The molecule has 0 radical (unpaired) electrons. The lowest BCUT2D eigenvalue weighted by Crippen LogP contribution is -2.36. The molecule has 1 saturated carbocycles. The van der Waals surface area contributed by atoms with Gasteiger partial charge in [-0.2, -0.15) is 0 Å². The molecule has 3 heteroatoms. The summed E-state index contributed by atoms with van der Waals surface area (Å²) in [6, 6.07) is 8.57. The van der Waals surface area contributed by atoms with Gasteiger partial charge in [-0.3, -0.25) is 4.79 Å². The molecule has 0 amide bonds. The molecular formula is C18H27NO2. The molecule has 0 bridgehead atoms. The van der Waals surface area contributed by atoms with Crippen molar-refractivity contribution in [3.63, 3.8) is 0 Å². The molecule has 0 spiro atoms. The van der Waals surface area contributed by atoms with Crippen LogP contribution in [-0.2, 0) is 11.2 Å². The Balaban J connectivity index is 1.81. The maximum atomic E-state index is 11.3. The fraction of sp³-hybridized carbons (Fsp3) is 0.611. The summed E-state index contributed by atoms with van der Waals surface area (Å²) in [5, 5.41) is 0. The van der Waals surface area contributed by atoms with Crippen LogP contribution in [0.5, 0.6) is 5.75 Å². The Morgan fingerprint density at radius 2 is 1.95 bits per heavy atom. The van der Waals surface area contributed by atoms with Gasteiger partial charge >= 0.3 is 0 Å². The van der Waals surface area contributed by atoms with Crippen LogP contribution < -0.4 is 4.74 Å². The molecule has 0 heterocycles. The Hall–Kier alpha value is -1.35. The summed E-state index contributed by atoms with van der Waals surface area (Å²) in [5.74, 6) is 1.02. The molecule has 0 saturated heterocycles. The number of benzene rings is 1. The van der Waals surface area contributed by atoms with Gasteiger partial charge in [-0.15, -0.1) is 0 Å². The van der Waals surface area contributed by atoms with E-state index in [-0.39, 0.29) is 5.78 Å². The number of carbonyl (C=O) groups is 1. The highest BCUT2D eigenvalue weighted by atomic mass is 16.5. The molecule has 21 heavy (non-hydrogen) atoms. The second kappa shape index (κ2) is 8.18. The molecule has 1 aromatic rings. The molecule has 0 unspecified atom stereocenters. The first kappa shape index (κ1) is 16.0. The third-order valence-corrected chi connectivity index (χ3v) is 4.31. The quantitative estimate of drug-likeness (QED) is 0.770. The Morgan fingerprint density at radius 1 is 1.24 bits per heavy atom. The molecule has 0 N–H and O–H groups in total. The minimum absolute atomic E-state index is 0.172. The van der Waals surface area contributed by atoms with E-state index in [1.54, 1.807) is 6.92 Å². The van der Waals surface area contributed by atoms with Gasteiger partial charge in [0.25, 0.3) is 0 Å². The molecule has 1 aromatic carbocycles. The zero-order valence-electron chi connectivity index (χ0n) is 13.3. The predicted octanol–water partition coefficient (Wildman–Crippen LogP) is 3.46. The highest BCUT2D eigenvalue weighted by molar-refractivity contribution is 5.78. The first-order valence-corrected chi connectivity index (χ1v) is 8.07. The van der Waals surface area contributed by atoms with Crippen molar-refractivity contribution in [2.75, 3.05) is 20.2 Å². The lowest BCUT2D eigenvalue weighted by Gasteiger charge is -2.31. The number of ether oxygens (including phenoxy) is 1. The number of Topliss-reactive ketones (excluding diaryl/α,β-unsaturated/α-hetero) is 1. The minimum Gasteiger partial charge on any atom is -0.492 e. The van der Waals surface area contributed by atoms with Gasteiger partial charge in [0.05, 0.1) is 0 Å². The van der Waals surface area contributed by atoms with Gasteiger partial charge in [0.2, 0.25) is 0 Å². The Labute approximate surface area is 128 Å². The van der Waals surface area contributed by atoms with E-state index < -0.39 is 0 Å². The summed E-state index contributed by atoms with van der Waals surface area (Å²) in [5.41, 5.74) is 0.991. The van der Waals surface area contributed by atoms with Crippen molar-refractivity contribution in [2.45, 2.75) is 51.5 Å². The average Bonchev–Trinajstić information content (AvgIpc) is 2.49. The van der Waals surface area contributed by atoms with Crippen molar-refractivity contribution in [3.05, 3.63) is 29.8 Å². The number of hydrogen-bond acceptors (Lipinski definition) is 3. The maximum Gasteiger partial charge on any atom is 0.134 e. The van der Waals surface area contributed by atoms with Gasteiger partial charge in [0.1, 0.15) is 18.1 Å². The summed E-state index contributed by atoms with van der Waals surface area (Å²) in [6.45, 7) is 3.24. The number of rotatable bonds is 7. The van der Waals surface area contributed by atoms with Crippen LogP contribution in [-0.4, -0.2) is 36.9 Å². The number of nitrogens with zero attached hydrogens (tertiary/aromatic N) is 1. The monoisotopic (exact) mass is 289 g/mol. The lowest BCUT2D eigenvalue weighted by molar-refractivity contribution is -0.116. The van der Waals surface area contributed by atoms with Gasteiger partial charge in [0, 0.05) is 24.6 Å². The van der Waals surface area contributed by atoms with E-state index >= 15 is 0 Å². The highest BCUT2D eigenvalue weighted by Gasteiger charge is 2.17. The van der Waals surface area contributed by atoms with E-state index in [4.69, 9.17) is 4.74 Å². The van der Waals surface area contributed by atoms with Gasteiger partial charge in [-0.25, -0.2) is 0 Å². The lowest BCUT2D eigenvalue weighted by atomic mass is 9.94. The van der Waals surface area contributed by atoms with E-state index in [1.165, 1.54) is 32.1 Å². The van der Waals surface area contributed by atoms with Crippen LogP contribution in [0.1, 0.15) is 44.6 Å². The zero-order chi connectivity index (χ0) is 15.1. The number of carbonyl (C=O) groups excluding carboxylic acids is 1. The van der Waals surface area contributed by atoms with Crippen molar-refractivity contribution in [1.82, 2.24) is 4.90 Å². The topological polar surface area (TPSA) is 29.5 Å². The third-order valence-electron chi connectivity index (χ3n) is 4.31. The molecule has 2 rings (SSSR count). The summed E-state index contributed by atoms with van der Waals surface area (Å²) >= 11 is 0. The van der Waals surface area contributed by atoms with E-state index in [0.29, 0.717) is 13.0 Å². The molecule has 3 nitrogen and oxygen atoms in total. The highest BCUT2D eigenvalue weighted by Crippen LogP contribution is 2.22. The van der Waals surface area contributed by atoms with Crippen LogP contribution in [0.15, 0.2) is 24.3 Å². The van der Waals surface area contributed by atoms with E-state index in [0.717, 1.165) is 23.9 Å². The van der Waals surface area contributed by atoms with Crippen molar-refractivity contribution in [1.29, 1.82) is 0 Å². The predicted molar refractivity (Wildman–Crippen MR) is 85.8 cm³/mol. The van der Waals surface area contributed by atoms with Crippen LogP contribution in [0.3, 0.4) is 0 Å². The van der Waals surface area contributed by atoms with Gasteiger partial charge in [-0.05, 0) is 32.9 Å². The minimum atomic E-state index is 0.172. The van der Waals surface area contributed by atoms with Crippen molar-refractivity contribution in [2.24, 2.45) is 0 Å².